The van der Waals surface area contributed by atoms with Gasteiger partial charge in [0.05, 0.1) is 5.54 Å². The molecule has 2 rings (SSSR count). The monoisotopic (exact) mass is 194 g/mol. The maximum absolute atomic E-state index is 3.75. The molecule has 0 aromatic rings. The van der Waals surface area contributed by atoms with Gasteiger partial charge in [-0.25, -0.2) is 0 Å². The minimum atomic E-state index is 0.390. The first-order valence-corrected chi connectivity index (χ1v) is 5.97. The van der Waals surface area contributed by atoms with E-state index in [4.69, 9.17) is 0 Å². The summed E-state index contributed by atoms with van der Waals surface area (Å²) in [6, 6.07) is 0. The predicted molar refractivity (Wildman–Crippen MR) is 59.9 cm³/mol. The third kappa shape index (κ3) is 1.75. The van der Waals surface area contributed by atoms with E-state index in [2.05, 4.69) is 24.5 Å². The van der Waals surface area contributed by atoms with Crippen LogP contribution in [0.15, 0.2) is 11.4 Å². The van der Waals surface area contributed by atoms with Crippen molar-refractivity contribution in [2.75, 3.05) is 6.54 Å². The fraction of sp³-hybridized carbons (Fsp3) is 0.833. The Morgan fingerprint density at radius 2 is 1.93 bits per heavy atom. The van der Waals surface area contributed by atoms with Gasteiger partial charge in [0.15, 0.2) is 0 Å². The number of hydrogen-bond acceptors (Lipinski definition) is 2. The van der Waals surface area contributed by atoms with E-state index in [-0.39, 0.29) is 0 Å². The van der Waals surface area contributed by atoms with E-state index in [1.165, 1.54) is 43.5 Å². The largest absolute Gasteiger partial charge is 0.385 e. The quantitative estimate of drug-likeness (QED) is 0.670. The van der Waals surface area contributed by atoms with Crippen molar-refractivity contribution in [1.29, 1.82) is 0 Å². The van der Waals surface area contributed by atoms with Crippen LogP contribution in [0.1, 0.15) is 52.4 Å². The first-order chi connectivity index (χ1) is 6.76. The van der Waals surface area contributed by atoms with Crippen molar-refractivity contribution in [3.05, 3.63) is 11.4 Å². The predicted octanol–water partition coefficient (Wildman–Crippen LogP) is 2.52. The highest BCUT2D eigenvalue weighted by Gasteiger charge is 2.34. The molecule has 0 unspecified atom stereocenters. The van der Waals surface area contributed by atoms with Gasteiger partial charge in [-0.05, 0) is 26.2 Å². The van der Waals surface area contributed by atoms with E-state index < -0.39 is 0 Å². The molecule has 2 N–H and O–H groups in total. The maximum atomic E-state index is 3.75. The van der Waals surface area contributed by atoms with Crippen LogP contribution in [-0.2, 0) is 0 Å². The molecule has 2 nitrogen and oxygen atoms in total. The number of allylic oxidation sites excluding steroid dienone is 2. The lowest BCUT2D eigenvalue weighted by Crippen LogP contribution is -2.56. The molecule has 2 aliphatic rings. The number of hydrogen-bond donors (Lipinski definition) is 2. The fourth-order valence-electron chi connectivity index (χ4n) is 2.85. The molecular weight excluding hydrogens is 172 g/mol. The van der Waals surface area contributed by atoms with Crippen LogP contribution in [0.2, 0.25) is 0 Å². The Hall–Kier alpha value is -0.660. The highest BCUT2D eigenvalue weighted by molar-refractivity contribution is 5.17. The van der Waals surface area contributed by atoms with Crippen LogP contribution in [0.25, 0.3) is 0 Å². The lowest BCUT2D eigenvalue weighted by atomic mass is 9.80. The normalized spacial score (nSPS) is 25.9. The van der Waals surface area contributed by atoms with Crippen molar-refractivity contribution in [1.82, 2.24) is 10.6 Å². The summed E-state index contributed by atoms with van der Waals surface area (Å²) in [6.07, 6.45) is 8.01. The van der Waals surface area contributed by atoms with Crippen molar-refractivity contribution in [3.8, 4) is 0 Å². The lowest BCUT2D eigenvalue weighted by Gasteiger charge is -2.43. The van der Waals surface area contributed by atoms with Crippen molar-refractivity contribution >= 4 is 0 Å². The smallest absolute Gasteiger partial charge is 0.0543 e. The van der Waals surface area contributed by atoms with Crippen LogP contribution >= 0.6 is 0 Å². The van der Waals surface area contributed by atoms with Crippen molar-refractivity contribution in [3.63, 3.8) is 0 Å². The minimum absolute atomic E-state index is 0.390. The van der Waals surface area contributed by atoms with Gasteiger partial charge < -0.3 is 10.6 Å². The van der Waals surface area contributed by atoms with Crippen molar-refractivity contribution < 1.29 is 0 Å². The molecule has 0 radical (unpaired) electrons. The summed E-state index contributed by atoms with van der Waals surface area (Å²) >= 11 is 0. The molecule has 0 atom stereocenters. The highest BCUT2D eigenvalue weighted by Crippen LogP contribution is 2.31. The molecule has 1 spiro atoms. The third-order valence-corrected chi connectivity index (χ3v) is 3.71. The summed E-state index contributed by atoms with van der Waals surface area (Å²) < 4.78 is 0. The van der Waals surface area contributed by atoms with Crippen LogP contribution in [-0.4, -0.2) is 12.1 Å². The lowest BCUT2D eigenvalue weighted by molar-refractivity contribution is 0.231. The van der Waals surface area contributed by atoms with Gasteiger partial charge in [-0.1, -0.05) is 26.2 Å². The van der Waals surface area contributed by atoms with Gasteiger partial charge in [-0.2, -0.15) is 0 Å². The van der Waals surface area contributed by atoms with E-state index in [0.717, 1.165) is 13.0 Å². The Bertz CT molecular complexity index is 237. The Labute approximate surface area is 87.2 Å². The molecule has 1 aliphatic heterocycles. The average molecular weight is 194 g/mol. The van der Waals surface area contributed by atoms with Crippen molar-refractivity contribution in [2.24, 2.45) is 0 Å². The summed E-state index contributed by atoms with van der Waals surface area (Å²) in [7, 11) is 0. The molecule has 1 aliphatic carbocycles. The Morgan fingerprint density at radius 1 is 1.21 bits per heavy atom. The van der Waals surface area contributed by atoms with Gasteiger partial charge in [0.2, 0.25) is 0 Å². The molecule has 0 amide bonds. The fourth-order valence-corrected chi connectivity index (χ4v) is 2.85. The molecule has 0 bridgehead atoms. The second-order valence-corrected chi connectivity index (χ2v) is 4.78. The van der Waals surface area contributed by atoms with Crippen LogP contribution in [0, 0.1) is 0 Å². The number of nitrogens with one attached hydrogen (secondary N) is 2. The maximum Gasteiger partial charge on any atom is 0.0543 e. The molecule has 0 aromatic carbocycles. The first-order valence-electron chi connectivity index (χ1n) is 5.97. The van der Waals surface area contributed by atoms with E-state index in [1.54, 1.807) is 0 Å². The standard InChI is InChI=1S/C12H22N2/c1-3-11-10(2)14-12(9-13-11)7-5-4-6-8-12/h13-14H,3-9H2,1-2H3. The summed E-state index contributed by atoms with van der Waals surface area (Å²) in [5.41, 5.74) is 3.17. The van der Waals surface area contributed by atoms with Crippen LogP contribution in [0.3, 0.4) is 0 Å². The highest BCUT2D eigenvalue weighted by atomic mass is 15.1. The van der Waals surface area contributed by atoms with Gasteiger partial charge in [-0.15, -0.1) is 0 Å². The molecule has 0 aromatic heterocycles. The summed E-state index contributed by atoms with van der Waals surface area (Å²) in [5.74, 6) is 0. The Kier molecular flexibility index (Phi) is 2.71. The SMILES string of the molecule is CCC1=C(C)NC2(CCCCC2)CN1. The van der Waals surface area contributed by atoms with Crippen LogP contribution in [0.5, 0.6) is 0 Å². The molecule has 2 heteroatoms. The second kappa shape index (κ2) is 3.84. The zero-order valence-electron chi connectivity index (χ0n) is 9.45. The zero-order chi connectivity index (χ0) is 10.0. The zero-order valence-corrected chi connectivity index (χ0v) is 9.45. The minimum Gasteiger partial charge on any atom is -0.385 e. The van der Waals surface area contributed by atoms with Crippen molar-refractivity contribution in [2.45, 2.75) is 57.9 Å². The molecular formula is C12H22N2. The van der Waals surface area contributed by atoms with Gasteiger partial charge in [0.1, 0.15) is 0 Å². The Balaban J connectivity index is 2.08. The molecule has 1 saturated carbocycles. The Morgan fingerprint density at radius 3 is 2.50 bits per heavy atom. The van der Waals surface area contributed by atoms with E-state index in [9.17, 15) is 0 Å². The van der Waals surface area contributed by atoms with E-state index >= 15 is 0 Å². The number of rotatable bonds is 1. The molecule has 1 heterocycles. The van der Waals surface area contributed by atoms with E-state index in [0.29, 0.717) is 5.54 Å². The van der Waals surface area contributed by atoms with Crippen LogP contribution in [0.4, 0.5) is 0 Å². The second-order valence-electron chi connectivity index (χ2n) is 4.78. The van der Waals surface area contributed by atoms with Gasteiger partial charge in [-0.3, -0.25) is 0 Å². The summed E-state index contributed by atoms with van der Waals surface area (Å²) in [6.45, 7) is 5.56. The summed E-state index contributed by atoms with van der Waals surface area (Å²) in [5, 5.41) is 7.35. The average Bonchev–Trinajstić information content (AvgIpc) is 2.19. The van der Waals surface area contributed by atoms with Gasteiger partial charge >= 0.3 is 0 Å². The molecule has 14 heavy (non-hydrogen) atoms. The molecule has 0 saturated heterocycles. The first kappa shape index (κ1) is 9.88. The third-order valence-electron chi connectivity index (χ3n) is 3.71. The van der Waals surface area contributed by atoms with E-state index in [1.807, 2.05) is 0 Å². The van der Waals surface area contributed by atoms with Crippen LogP contribution < -0.4 is 10.6 Å². The molecule has 80 valence electrons. The molecule has 1 fully saturated rings. The van der Waals surface area contributed by atoms with Gasteiger partial charge in [0, 0.05) is 17.9 Å². The summed E-state index contributed by atoms with van der Waals surface area (Å²) in [4.78, 5) is 0. The van der Waals surface area contributed by atoms with Gasteiger partial charge in [0.25, 0.3) is 0 Å². The topological polar surface area (TPSA) is 24.1 Å².